The van der Waals surface area contributed by atoms with Gasteiger partial charge in [0, 0.05) is 5.69 Å². The minimum absolute atomic E-state index is 0.0272. The number of para-hydroxylation sites is 1. The third-order valence-electron chi connectivity index (χ3n) is 3.88. The Bertz CT molecular complexity index is 1010. The van der Waals surface area contributed by atoms with E-state index >= 15 is 0 Å². The second-order valence-corrected chi connectivity index (χ2v) is 7.92. The number of pyridine rings is 1. The Kier molecular flexibility index (Phi) is 5.15. The van der Waals surface area contributed by atoms with Crippen LogP contribution in [0.5, 0.6) is 0 Å². The first-order valence-electron chi connectivity index (χ1n) is 7.93. The maximum atomic E-state index is 12.4. The summed E-state index contributed by atoms with van der Waals surface area (Å²) in [6.07, 6.45) is 1.46. The van der Waals surface area contributed by atoms with E-state index in [0.717, 1.165) is 16.8 Å². The van der Waals surface area contributed by atoms with Crippen LogP contribution < -0.4 is 10.0 Å². The topological polar surface area (TPSA) is 71.1 Å². The van der Waals surface area contributed by atoms with E-state index in [0.29, 0.717) is 11.5 Å². The van der Waals surface area contributed by atoms with Gasteiger partial charge in [-0.2, -0.15) is 0 Å². The number of anilines is 3. The van der Waals surface area contributed by atoms with Crippen LogP contribution in [0.4, 0.5) is 17.2 Å². The Labute approximate surface area is 158 Å². The van der Waals surface area contributed by atoms with Crippen molar-refractivity contribution in [2.75, 3.05) is 10.0 Å². The number of benzene rings is 2. The Balaban J connectivity index is 1.79. The Morgan fingerprint density at radius 1 is 0.923 bits per heavy atom. The Morgan fingerprint density at radius 2 is 1.62 bits per heavy atom. The van der Waals surface area contributed by atoms with Crippen LogP contribution >= 0.6 is 11.6 Å². The first-order chi connectivity index (χ1) is 12.4. The van der Waals surface area contributed by atoms with Gasteiger partial charge in [-0.05, 0) is 49.2 Å². The minimum atomic E-state index is -3.77. The molecule has 1 heterocycles. The normalized spacial score (nSPS) is 11.2. The van der Waals surface area contributed by atoms with Crippen LogP contribution in [0.3, 0.4) is 0 Å². The highest BCUT2D eigenvalue weighted by Crippen LogP contribution is 2.25. The fraction of sp³-hybridized carbons (Fsp3) is 0.105. The van der Waals surface area contributed by atoms with Crippen molar-refractivity contribution in [1.82, 2.24) is 4.98 Å². The highest BCUT2D eigenvalue weighted by atomic mass is 35.5. The van der Waals surface area contributed by atoms with E-state index in [1.165, 1.54) is 18.3 Å². The molecule has 0 atom stereocenters. The van der Waals surface area contributed by atoms with Gasteiger partial charge in [0.05, 0.1) is 16.9 Å². The fourth-order valence-corrected chi connectivity index (χ4v) is 4.10. The number of aryl methyl sites for hydroxylation is 2. The molecule has 0 spiro atoms. The lowest BCUT2D eigenvalue weighted by molar-refractivity contribution is 0.601. The molecule has 2 aromatic carbocycles. The molecule has 0 radical (unpaired) electrons. The number of hydrogen-bond acceptors (Lipinski definition) is 4. The van der Waals surface area contributed by atoms with Crippen molar-refractivity contribution in [2.24, 2.45) is 0 Å². The molecule has 3 rings (SSSR count). The first kappa shape index (κ1) is 18.2. The number of rotatable bonds is 5. The molecule has 0 unspecified atom stereocenters. The highest BCUT2D eigenvalue weighted by Gasteiger charge is 2.17. The van der Waals surface area contributed by atoms with Gasteiger partial charge in [-0.25, -0.2) is 13.4 Å². The van der Waals surface area contributed by atoms with E-state index in [-0.39, 0.29) is 9.92 Å². The quantitative estimate of drug-likeness (QED) is 0.653. The molecule has 5 nitrogen and oxygen atoms in total. The monoisotopic (exact) mass is 387 g/mol. The zero-order valence-electron chi connectivity index (χ0n) is 14.3. The largest absolute Gasteiger partial charge is 0.340 e. The predicted octanol–water partition coefficient (Wildman–Crippen LogP) is 4.90. The summed E-state index contributed by atoms with van der Waals surface area (Å²) in [6, 6.07) is 15.7. The van der Waals surface area contributed by atoms with Gasteiger partial charge < -0.3 is 5.32 Å². The third kappa shape index (κ3) is 3.98. The smallest absolute Gasteiger partial charge is 0.263 e. The summed E-state index contributed by atoms with van der Waals surface area (Å²) < 4.78 is 27.4. The van der Waals surface area contributed by atoms with Crippen LogP contribution in [0.15, 0.2) is 65.7 Å². The van der Waals surface area contributed by atoms with Crippen molar-refractivity contribution >= 4 is 38.8 Å². The molecule has 0 aliphatic heterocycles. The molecule has 0 amide bonds. The minimum Gasteiger partial charge on any atom is -0.340 e. The van der Waals surface area contributed by atoms with E-state index < -0.39 is 10.0 Å². The molecule has 0 aliphatic carbocycles. The Hall–Kier alpha value is -2.57. The molecule has 0 bridgehead atoms. The maximum absolute atomic E-state index is 12.4. The molecule has 3 aromatic rings. The van der Waals surface area contributed by atoms with Gasteiger partial charge in [0.25, 0.3) is 10.0 Å². The molecule has 1 aromatic heterocycles. The maximum Gasteiger partial charge on any atom is 0.263 e. The molecule has 2 N–H and O–H groups in total. The van der Waals surface area contributed by atoms with E-state index in [9.17, 15) is 8.42 Å². The van der Waals surface area contributed by atoms with Crippen LogP contribution in [-0.4, -0.2) is 13.4 Å². The fourth-order valence-electron chi connectivity index (χ4n) is 2.54. The van der Waals surface area contributed by atoms with Crippen LogP contribution in [0.25, 0.3) is 0 Å². The number of nitrogens with one attached hydrogen (secondary N) is 2. The summed E-state index contributed by atoms with van der Waals surface area (Å²) in [4.78, 5) is 4.31. The molecule has 0 aliphatic rings. The zero-order valence-corrected chi connectivity index (χ0v) is 15.9. The highest BCUT2D eigenvalue weighted by molar-refractivity contribution is 7.92. The van der Waals surface area contributed by atoms with Gasteiger partial charge in [0.1, 0.15) is 10.7 Å². The number of halogens is 1. The van der Waals surface area contributed by atoms with Gasteiger partial charge in [0.15, 0.2) is 0 Å². The van der Waals surface area contributed by atoms with Crippen molar-refractivity contribution in [1.29, 1.82) is 0 Å². The number of nitrogens with zero attached hydrogens (tertiary/aromatic N) is 1. The summed E-state index contributed by atoms with van der Waals surface area (Å²) in [6.45, 7) is 4.03. The standard InChI is InChI=1S/C19H18ClN3O2S/c1-13-6-5-7-14(2)19(13)22-18-11-10-15(12-21-18)23-26(24,25)17-9-4-3-8-16(17)20/h3-12,23H,1-2H3,(H,21,22). The van der Waals surface area contributed by atoms with Gasteiger partial charge >= 0.3 is 0 Å². The number of aromatic nitrogens is 1. The zero-order chi connectivity index (χ0) is 18.7. The second kappa shape index (κ2) is 7.35. The summed E-state index contributed by atoms with van der Waals surface area (Å²) in [5.41, 5.74) is 3.56. The average Bonchev–Trinajstić information content (AvgIpc) is 2.60. The van der Waals surface area contributed by atoms with E-state index in [2.05, 4.69) is 15.0 Å². The molecule has 0 fully saturated rings. The summed E-state index contributed by atoms with van der Waals surface area (Å²) in [7, 11) is -3.77. The second-order valence-electron chi connectivity index (χ2n) is 5.86. The number of sulfonamides is 1. The third-order valence-corrected chi connectivity index (χ3v) is 5.76. The molecular formula is C19H18ClN3O2S. The van der Waals surface area contributed by atoms with E-state index in [1.807, 2.05) is 32.0 Å². The van der Waals surface area contributed by atoms with Gasteiger partial charge in [-0.3, -0.25) is 4.72 Å². The van der Waals surface area contributed by atoms with Crippen LogP contribution in [0, 0.1) is 13.8 Å². The van der Waals surface area contributed by atoms with Gasteiger partial charge in [0.2, 0.25) is 0 Å². The van der Waals surface area contributed by atoms with Crippen molar-refractivity contribution in [3.05, 3.63) is 76.9 Å². The van der Waals surface area contributed by atoms with Crippen molar-refractivity contribution in [3.63, 3.8) is 0 Å². The lowest BCUT2D eigenvalue weighted by Crippen LogP contribution is -2.13. The first-order valence-corrected chi connectivity index (χ1v) is 9.79. The lowest BCUT2D eigenvalue weighted by atomic mass is 10.1. The van der Waals surface area contributed by atoms with Crippen molar-refractivity contribution in [3.8, 4) is 0 Å². The summed E-state index contributed by atoms with van der Waals surface area (Å²) in [5.74, 6) is 0.628. The number of hydrogen-bond donors (Lipinski definition) is 2. The molecule has 0 saturated heterocycles. The van der Waals surface area contributed by atoms with E-state index in [4.69, 9.17) is 11.6 Å². The Morgan fingerprint density at radius 3 is 2.23 bits per heavy atom. The van der Waals surface area contributed by atoms with Crippen LogP contribution in [-0.2, 0) is 10.0 Å². The summed E-state index contributed by atoms with van der Waals surface area (Å²) >= 11 is 5.98. The predicted molar refractivity (Wildman–Crippen MR) is 106 cm³/mol. The van der Waals surface area contributed by atoms with Crippen LogP contribution in [0.2, 0.25) is 5.02 Å². The summed E-state index contributed by atoms with van der Waals surface area (Å²) in [5, 5.41) is 3.43. The molecular weight excluding hydrogens is 370 g/mol. The van der Waals surface area contributed by atoms with E-state index in [1.54, 1.807) is 24.3 Å². The van der Waals surface area contributed by atoms with Crippen LogP contribution in [0.1, 0.15) is 11.1 Å². The van der Waals surface area contributed by atoms with Gasteiger partial charge in [-0.1, -0.05) is 41.9 Å². The van der Waals surface area contributed by atoms with Gasteiger partial charge in [-0.15, -0.1) is 0 Å². The molecule has 26 heavy (non-hydrogen) atoms. The van der Waals surface area contributed by atoms with Crippen molar-refractivity contribution in [2.45, 2.75) is 18.7 Å². The molecule has 7 heteroatoms. The molecule has 0 saturated carbocycles. The lowest BCUT2D eigenvalue weighted by Gasteiger charge is -2.13. The van der Waals surface area contributed by atoms with Crippen molar-refractivity contribution < 1.29 is 8.42 Å². The SMILES string of the molecule is Cc1cccc(C)c1Nc1ccc(NS(=O)(=O)c2ccccc2Cl)cn1. The average molecular weight is 388 g/mol. The molecule has 134 valence electrons.